The van der Waals surface area contributed by atoms with Crippen LogP contribution in [0, 0.1) is 11.3 Å². The molecule has 0 spiro atoms. The highest BCUT2D eigenvalue weighted by Gasteiger charge is 2.37. The third kappa shape index (κ3) is 4.00. The summed E-state index contributed by atoms with van der Waals surface area (Å²) in [7, 11) is 0. The number of hydrogen-bond donors (Lipinski definition) is 0. The van der Waals surface area contributed by atoms with Gasteiger partial charge in [0.1, 0.15) is 5.75 Å². The molecule has 1 aliphatic rings. The molecule has 1 aromatic rings. The van der Waals surface area contributed by atoms with Crippen LogP contribution in [0.5, 0.6) is 5.75 Å². The van der Waals surface area contributed by atoms with Crippen molar-refractivity contribution in [2.45, 2.75) is 70.1 Å². The Labute approximate surface area is 129 Å². The molecule has 1 unspecified atom stereocenters. The third-order valence-electron chi connectivity index (χ3n) is 4.61. The molecule has 2 rings (SSSR count). The first-order chi connectivity index (χ1) is 10.3. The van der Waals surface area contributed by atoms with Crippen molar-refractivity contribution >= 4 is 0 Å². The Morgan fingerprint density at radius 1 is 1.10 bits per heavy atom. The minimum atomic E-state index is -0.321. The first-order valence-electron chi connectivity index (χ1n) is 8.46. The van der Waals surface area contributed by atoms with E-state index in [0.29, 0.717) is 6.61 Å². The first kappa shape index (κ1) is 15.9. The smallest absolute Gasteiger partial charge is 0.124 e. The molecular formula is C19H27NO. The van der Waals surface area contributed by atoms with Gasteiger partial charge in [0.05, 0.1) is 18.1 Å². The summed E-state index contributed by atoms with van der Waals surface area (Å²) in [6, 6.07) is 10.7. The lowest BCUT2D eigenvalue weighted by molar-refractivity contribution is 0.233. The van der Waals surface area contributed by atoms with Crippen molar-refractivity contribution in [1.82, 2.24) is 0 Å². The molecule has 0 saturated heterocycles. The molecule has 0 amide bonds. The van der Waals surface area contributed by atoms with Crippen LogP contribution in [0.15, 0.2) is 24.3 Å². The van der Waals surface area contributed by atoms with Crippen LogP contribution in [0.3, 0.4) is 0 Å². The zero-order valence-corrected chi connectivity index (χ0v) is 13.2. The Morgan fingerprint density at radius 3 is 2.57 bits per heavy atom. The second kappa shape index (κ2) is 8.08. The summed E-state index contributed by atoms with van der Waals surface area (Å²) in [6.07, 6.45) is 10.8. The van der Waals surface area contributed by atoms with Crippen molar-refractivity contribution in [3.8, 4) is 11.8 Å². The zero-order chi connectivity index (χ0) is 15.0. The number of rotatable bonds is 8. The van der Waals surface area contributed by atoms with E-state index >= 15 is 0 Å². The van der Waals surface area contributed by atoms with Crippen LogP contribution in [-0.4, -0.2) is 6.61 Å². The number of fused-ring (bicyclic) bond motifs is 1. The molecule has 0 bridgehead atoms. The highest BCUT2D eigenvalue weighted by atomic mass is 16.5. The van der Waals surface area contributed by atoms with E-state index < -0.39 is 0 Å². The Morgan fingerprint density at radius 2 is 1.81 bits per heavy atom. The molecule has 114 valence electrons. The van der Waals surface area contributed by atoms with Gasteiger partial charge in [0.25, 0.3) is 0 Å². The predicted molar refractivity (Wildman–Crippen MR) is 86.5 cm³/mol. The van der Waals surface area contributed by atoms with Crippen LogP contribution < -0.4 is 4.74 Å². The monoisotopic (exact) mass is 285 g/mol. The van der Waals surface area contributed by atoms with Crippen LogP contribution in [0.1, 0.15) is 70.3 Å². The van der Waals surface area contributed by atoms with Gasteiger partial charge in [-0.25, -0.2) is 0 Å². The van der Waals surface area contributed by atoms with Crippen LogP contribution in [-0.2, 0) is 5.41 Å². The Hall–Kier alpha value is -1.49. The molecule has 0 N–H and O–H groups in total. The van der Waals surface area contributed by atoms with E-state index in [1.54, 1.807) is 0 Å². The molecule has 2 heteroatoms. The minimum Gasteiger partial charge on any atom is -0.493 e. The van der Waals surface area contributed by atoms with Gasteiger partial charge in [0.2, 0.25) is 0 Å². The summed E-state index contributed by atoms with van der Waals surface area (Å²) in [5, 5.41) is 9.76. The van der Waals surface area contributed by atoms with E-state index in [0.717, 1.165) is 30.6 Å². The van der Waals surface area contributed by atoms with Crippen LogP contribution in [0.25, 0.3) is 0 Å². The highest BCUT2D eigenvalue weighted by molar-refractivity contribution is 5.45. The fourth-order valence-electron chi connectivity index (χ4n) is 3.27. The van der Waals surface area contributed by atoms with Gasteiger partial charge >= 0.3 is 0 Å². The summed E-state index contributed by atoms with van der Waals surface area (Å²) in [4.78, 5) is 0. The molecule has 1 aromatic carbocycles. The summed E-state index contributed by atoms with van der Waals surface area (Å²) < 4.78 is 5.70. The number of unbranched alkanes of at least 4 members (excludes halogenated alkanes) is 6. The molecule has 1 atom stereocenters. The summed E-state index contributed by atoms with van der Waals surface area (Å²) in [5.74, 6) is 0.910. The fourth-order valence-corrected chi connectivity index (χ4v) is 3.27. The van der Waals surface area contributed by atoms with Gasteiger partial charge in [-0.05, 0) is 12.5 Å². The largest absolute Gasteiger partial charge is 0.493 e. The van der Waals surface area contributed by atoms with Crippen molar-refractivity contribution in [1.29, 1.82) is 5.26 Å². The number of ether oxygens (including phenoxy) is 1. The van der Waals surface area contributed by atoms with Gasteiger partial charge < -0.3 is 4.74 Å². The Balaban J connectivity index is 1.87. The van der Waals surface area contributed by atoms with Crippen molar-refractivity contribution < 1.29 is 4.74 Å². The van der Waals surface area contributed by atoms with Crippen molar-refractivity contribution in [2.24, 2.45) is 0 Å². The maximum Gasteiger partial charge on any atom is 0.124 e. The number of benzene rings is 1. The lowest BCUT2D eigenvalue weighted by Gasteiger charge is -2.33. The molecule has 2 nitrogen and oxygen atoms in total. The maximum atomic E-state index is 9.76. The van der Waals surface area contributed by atoms with E-state index in [4.69, 9.17) is 4.74 Å². The number of nitrogens with zero attached hydrogens (tertiary/aromatic N) is 1. The number of hydrogen-bond acceptors (Lipinski definition) is 2. The van der Waals surface area contributed by atoms with Gasteiger partial charge in [-0.2, -0.15) is 5.26 Å². The van der Waals surface area contributed by atoms with Gasteiger partial charge in [-0.3, -0.25) is 0 Å². The average Bonchev–Trinajstić information content (AvgIpc) is 2.54. The topological polar surface area (TPSA) is 33.0 Å². The van der Waals surface area contributed by atoms with E-state index in [-0.39, 0.29) is 5.41 Å². The van der Waals surface area contributed by atoms with Crippen molar-refractivity contribution in [2.75, 3.05) is 6.61 Å². The van der Waals surface area contributed by atoms with E-state index in [1.807, 2.05) is 18.2 Å². The van der Waals surface area contributed by atoms with Gasteiger partial charge in [0.15, 0.2) is 0 Å². The van der Waals surface area contributed by atoms with Crippen LogP contribution >= 0.6 is 0 Å². The summed E-state index contributed by atoms with van der Waals surface area (Å²) >= 11 is 0. The van der Waals surface area contributed by atoms with Gasteiger partial charge in [-0.1, -0.05) is 70.1 Å². The van der Waals surface area contributed by atoms with Crippen LogP contribution in [0.2, 0.25) is 0 Å². The minimum absolute atomic E-state index is 0.321. The molecule has 1 heterocycles. The highest BCUT2D eigenvalue weighted by Crippen LogP contribution is 2.41. The molecule has 0 aliphatic carbocycles. The molecule has 0 fully saturated rings. The normalized spacial score (nSPS) is 20.4. The van der Waals surface area contributed by atoms with E-state index in [1.165, 1.54) is 38.5 Å². The second-order valence-electron chi connectivity index (χ2n) is 6.16. The molecule has 21 heavy (non-hydrogen) atoms. The molecule has 0 saturated carbocycles. The summed E-state index contributed by atoms with van der Waals surface area (Å²) in [6.45, 7) is 2.92. The molecular weight excluding hydrogens is 258 g/mol. The first-order valence-corrected chi connectivity index (χ1v) is 8.46. The molecule has 0 aromatic heterocycles. The van der Waals surface area contributed by atoms with Gasteiger partial charge in [0, 0.05) is 12.0 Å². The average molecular weight is 285 g/mol. The predicted octanol–water partition coefficient (Wildman–Crippen LogP) is 5.37. The second-order valence-corrected chi connectivity index (χ2v) is 6.16. The third-order valence-corrected chi connectivity index (χ3v) is 4.61. The van der Waals surface area contributed by atoms with Crippen LogP contribution in [0.4, 0.5) is 0 Å². The zero-order valence-electron chi connectivity index (χ0n) is 13.2. The van der Waals surface area contributed by atoms with Gasteiger partial charge in [-0.15, -0.1) is 0 Å². The van der Waals surface area contributed by atoms with Crippen molar-refractivity contribution in [3.63, 3.8) is 0 Å². The summed E-state index contributed by atoms with van der Waals surface area (Å²) in [5.41, 5.74) is 0.780. The maximum absolute atomic E-state index is 9.76. The fraction of sp³-hybridized carbons (Fsp3) is 0.632. The SMILES string of the molecule is CCCCCCCCCC1(C#N)CCOc2ccccc21. The Kier molecular flexibility index (Phi) is 6.11. The lowest BCUT2D eigenvalue weighted by atomic mass is 9.73. The van der Waals surface area contributed by atoms with Crippen molar-refractivity contribution in [3.05, 3.63) is 29.8 Å². The molecule has 1 aliphatic heterocycles. The van der Waals surface area contributed by atoms with E-state index in [9.17, 15) is 5.26 Å². The quantitative estimate of drug-likeness (QED) is 0.601. The number of nitriles is 1. The lowest BCUT2D eigenvalue weighted by Crippen LogP contribution is -2.31. The Bertz CT molecular complexity index is 477. The standard InChI is InChI=1S/C19H27NO/c1-2-3-4-5-6-7-10-13-19(16-20)14-15-21-18-12-9-8-11-17(18)19/h8-9,11-12H,2-7,10,13-15H2,1H3. The van der Waals surface area contributed by atoms with E-state index in [2.05, 4.69) is 19.1 Å². The molecule has 0 radical (unpaired) electrons. The number of para-hydroxylation sites is 1.